The first-order valence-corrected chi connectivity index (χ1v) is 6.31. The highest BCUT2D eigenvalue weighted by atomic mass is 16.5. The summed E-state index contributed by atoms with van der Waals surface area (Å²) in [6.07, 6.45) is 5.19. The van der Waals surface area contributed by atoms with Crippen LogP contribution < -0.4 is 5.32 Å². The summed E-state index contributed by atoms with van der Waals surface area (Å²) in [7, 11) is 3.36. The van der Waals surface area contributed by atoms with Gasteiger partial charge in [0.25, 0.3) is 5.91 Å². The monoisotopic (exact) mass is 274 g/mol. The summed E-state index contributed by atoms with van der Waals surface area (Å²) in [6.45, 7) is 2.75. The van der Waals surface area contributed by atoms with Crippen LogP contribution in [0.5, 0.6) is 0 Å². The number of pyridine rings is 1. The smallest absolute Gasteiger partial charge is 0.255 e. The molecule has 1 amide bonds. The molecule has 0 fully saturated rings. The van der Waals surface area contributed by atoms with Gasteiger partial charge in [0.15, 0.2) is 0 Å². The van der Waals surface area contributed by atoms with Gasteiger partial charge in [0.2, 0.25) is 0 Å². The number of methoxy groups -OCH3 is 1. The van der Waals surface area contributed by atoms with Gasteiger partial charge in [0, 0.05) is 39.3 Å². The van der Waals surface area contributed by atoms with Crippen molar-refractivity contribution < 1.29 is 9.53 Å². The van der Waals surface area contributed by atoms with E-state index in [-0.39, 0.29) is 5.91 Å². The zero-order valence-electron chi connectivity index (χ0n) is 11.9. The Bertz CT molecular complexity index is 607. The number of aromatic nitrogens is 3. The fourth-order valence-electron chi connectivity index (χ4n) is 1.92. The van der Waals surface area contributed by atoms with Gasteiger partial charge >= 0.3 is 0 Å². The van der Waals surface area contributed by atoms with Gasteiger partial charge in [-0.25, -0.2) is 0 Å². The Labute approximate surface area is 117 Å². The highest BCUT2D eigenvalue weighted by molar-refractivity contribution is 5.95. The molecule has 2 aromatic heterocycles. The number of hydrogen-bond acceptors (Lipinski definition) is 4. The lowest BCUT2D eigenvalue weighted by Crippen LogP contribution is -2.24. The van der Waals surface area contributed by atoms with E-state index in [4.69, 9.17) is 4.74 Å². The van der Waals surface area contributed by atoms with E-state index in [9.17, 15) is 4.79 Å². The summed E-state index contributed by atoms with van der Waals surface area (Å²) in [6, 6.07) is 1.92. The Morgan fingerprint density at radius 2 is 2.30 bits per heavy atom. The van der Waals surface area contributed by atoms with E-state index in [1.807, 2.05) is 13.0 Å². The predicted molar refractivity (Wildman–Crippen MR) is 74.1 cm³/mol. The minimum atomic E-state index is -0.159. The van der Waals surface area contributed by atoms with Crippen LogP contribution in [0.3, 0.4) is 0 Å². The molecule has 2 aromatic rings. The van der Waals surface area contributed by atoms with Crippen molar-refractivity contribution in [3.05, 3.63) is 47.0 Å². The second-order valence-corrected chi connectivity index (χ2v) is 4.58. The second kappa shape index (κ2) is 6.29. The molecule has 6 nitrogen and oxygen atoms in total. The van der Waals surface area contributed by atoms with E-state index in [2.05, 4.69) is 15.4 Å². The second-order valence-electron chi connectivity index (χ2n) is 4.58. The normalized spacial score (nSPS) is 10.6. The van der Waals surface area contributed by atoms with Gasteiger partial charge < -0.3 is 10.1 Å². The van der Waals surface area contributed by atoms with Gasteiger partial charge in [0.1, 0.15) is 5.69 Å². The van der Waals surface area contributed by atoms with Crippen molar-refractivity contribution >= 4 is 5.91 Å². The minimum Gasteiger partial charge on any atom is -0.378 e. The number of rotatable bonds is 5. The molecular formula is C14H18N4O2. The third-order valence-electron chi connectivity index (χ3n) is 3.02. The molecule has 0 aliphatic carbocycles. The van der Waals surface area contributed by atoms with Gasteiger partial charge in [-0.05, 0) is 24.1 Å². The summed E-state index contributed by atoms with van der Waals surface area (Å²) >= 11 is 0. The van der Waals surface area contributed by atoms with E-state index in [1.54, 1.807) is 37.4 Å². The van der Waals surface area contributed by atoms with Crippen LogP contribution >= 0.6 is 0 Å². The average molecular weight is 274 g/mol. The largest absolute Gasteiger partial charge is 0.378 e. The lowest BCUT2D eigenvalue weighted by atomic mass is 10.1. The van der Waals surface area contributed by atoms with Crippen LogP contribution in [-0.2, 0) is 24.9 Å². The highest BCUT2D eigenvalue weighted by Gasteiger charge is 2.15. The predicted octanol–water partition coefficient (Wildman–Crippen LogP) is 1.20. The van der Waals surface area contributed by atoms with Crippen molar-refractivity contribution in [2.24, 2.45) is 7.05 Å². The lowest BCUT2D eigenvalue weighted by Gasteiger charge is -2.07. The molecule has 0 atom stereocenters. The lowest BCUT2D eigenvalue weighted by molar-refractivity contribution is 0.0946. The van der Waals surface area contributed by atoms with Crippen LogP contribution in [0.4, 0.5) is 0 Å². The van der Waals surface area contributed by atoms with Gasteiger partial charge in [-0.15, -0.1) is 0 Å². The Kier molecular flexibility index (Phi) is 4.47. The van der Waals surface area contributed by atoms with Gasteiger partial charge in [-0.1, -0.05) is 0 Å². The maximum absolute atomic E-state index is 12.2. The molecular weight excluding hydrogens is 256 g/mol. The fraction of sp³-hybridized carbons (Fsp3) is 0.357. The highest BCUT2D eigenvalue weighted by Crippen LogP contribution is 2.09. The summed E-state index contributed by atoms with van der Waals surface area (Å²) in [5.74, 6) is -0.159. The first kappa shape index (κ1) is 14.2. The molecule has 0 bridgehead atoms. The number of carbonyl (C=O) groups excluding carboxylic acids is 1. The van der Waals surface area contributed by atoms with Crippen LogP contribution in [0.15, 0.2) is 24.7 Å². The quantitative estimate of drug-likeness (QED) is 0.889. The average Bonchev–Trinajstić information content (AvgIpc) is 2.79. The summed E-state index contributed by atoms with van der Waals surface area (Å²) in [5, 5.41) is 7.09. The van der Waals surface area contributed by atoms with Crippen molar-refractivity contribution in [3.8, 4) is 0 Å². The number of ether oxygens (including phenoxy) is 1. The van der Waals surface area contributed by atoms with Gasteiger partial charge in [-0.3, -0.25) is 14.5 Å². The third kappa shape index (κ3) is 3.21. The molecule has 6 heteroatoms. The van der Waals surface area contributed by atoms with Crippen molar-refractivity contribution in [2.75, 3.05) is 7.11 Å². The molecule has 0 spiro atoms. The Morgan fingerprint density at radius 3 is 3.00 bits per heavy atom. The zero-order chi connectivity index (χ0) is 14.5. The molecule has 0 aromatic carbocycles. The molecule has 0 unspecified atom stereocenters. The third-order valence-corrected chi connectivity index (χ3v) is 3.02. The van der Waals surface area contributed by atoms with E-state index >= 15 is 0 Å². The SMILES string of the molecule is COCc1nn(C)cc1C(=O)NCc1cnccc1C. The maximum Gasteiger partial charge on any atom is 0.255 e. The topological polar surface area (TPSA) is 69.0 Å². The van der Waals surface area contributed by atoms with Crippen molar-refractivity contribution in [1.82, 2.24) is 20.1 Å². The Balaban J connectivity index is 2.07. The number of aryl methyl sites for hydroxylation is 2. The van der Waals surface area contributed by atoms with Crippen LogP contribution in [-0.4, -0.2) is 27.8 Å². The van der Waals surface area contributed by atoms with Crippen molar-refractivity contribution in [1.29, 1.82) is 0 Å². The van der Waals surface area contributed by atoms with E-state index in [1.165, 1.54) is 0 Å². The Morgan fingerprint density at radius 1 is 1.50 bits per heavy atom. The van der Waals surface area contributed by atoms with Crippen molar-refractivity contribution in [3.63, 3.8) is 0 Å². The Hall–Kier alpha value is -2.21. The van der Waals surface area contributed by atoms with Crippen LogP contribution in [0, 0.1) is 6.92 Å². The minimum absolute atomic E-state index is 0.159. The molecule has 0 saturated carbocycles. The summed E-state index contributed by atoms with van der Waals surface area (Å²) in [4.78, 5) is 16.3. The first-order chi connectivity index (χ1) is 9.61. The number of nitrogens with one attached hydrogen (secondary N) is 1. The van der Waals surface area contributed by atoms with Crippen molar-refractivity contribution in [2.45, 2.75) is 20.1 Å². The number of carbonyl (C=O) groups is 1. The van der Waals surface area contributed by atoms with Gasteiger partial charge in [-0.2, -0.15) is 5.10 Å². The molecule has 0 aliphatic rings. The molecule has 0 aliphatic heterocycles. The molecule has 106 valence electrons. The first-order valence-electron chi connectivity index (χ1n) is 6.31. The zero-order valence-corrected chi connectivity index (χ0v) is 11.9. The van der Waals surface area contributed by atoms with Crippen LogP contribution in [0.1, 0.15) is 27.2 Å². The fourth-order valence-corrected chi connectivity index (χ4v) is 1.92. The summed E-state index contributed by atoms with van der Waals surface area (Å²) < 4.78 is 6.66. The van der Waals surface area contributed by atoms with Crippen LogP contribution in [0.2, 0.25) is 0 Å². The van der Waals surface area contributed by atoms with Gasteiger partial charge in [0.05, 0.1) is 12.2 Å². The van der Waals surface area contributed by atoms with Crippen LogP contribution in [0.25, 0.3) is 0 Å². The van der Waals surface area contributed by atoms with E-state index in [0.29, 0.717) is 24.4 Å². The molecule has 2 rings (SSSR count). The number of nitrogens with zero attached hydrogens (tertiary/aromatic N) is 3. The maximum atomic E-state index is 12.2. The summed E-state index contributed by atoms with van der Waals surface area (Å²) in [5.41, 5.74) is 3.27. The van der Waals surface area contributed by atoms with E-state index in [0.717, 1.165) is 11.1 Å². The number of hydrogen-bond donors (Lipinski definition) is 1. The van der Waals surface area contributed by atoms with E-state index < -0.39 is 0 Å². The molecule has 2 heterocycles. The molecule has 20 heavy (non-hydrogen) atoms. The molecule has 0 radical (unpaired) electrons. The molecule has 0 saturated heterocycles. The molecule has 1 N–H and O–H groups in total. The number of amides is 1. The standard InChI is InChI=1S/C14H18N4O2/c1-10-4-5-15-6-11(10)7-16-14(19)12-8-18(2)17-13(12)9-20-3/h4-6,8H,7,9H2,1-3H3,(H,16,19).